The van der Waals surface area contributed by atoms with Crippen LogP contribution >= 0.6 is 0 Å². The van der Waals surface area contributed by atoms with Crippen LogP contribution in [-0.4, -0.2) is 84.1 Å². The number of aromatic hydroxyl groups is 2. The average molecular weight is 788 g/mol. The number of hydrogen-bond acceptors (Lipinski definition) is 12. The molecule has 0 radical (unpaired) electrons. The number of aryl methyl sites for hydroxylation is 1. The first-order valence-corrected chi connectivity index (χ1v) is 19.1. The van der Waals surface area contributed by atoms with Crippen LogP contribution in [0.25, 0.3) is 27.5 Å². The Labute approximate surface area is 331 Å². The van der Waals surface area contributed by atoms with E-state index in [-0.39, 0.29) is 50.2 Å². The second-order valence-electron chi connectivity index (χ2n) is 15.8. The normalized spacial score (nSPS) is 32.1. The van der Waals surface area contributed by atoms with Gasteiger partial charge < -0.3 is 49.8 Å². The quantitative estimate of drug-likeness (QED) is 0.102. The average Bonchev–Trinajstić information content (AvgIpc) is 3.67. The fourth-order valence-electron chi connectivity index (χ4n) is 8.18. The van der Waals surface area contributed by atoms with Gasteiger partial charge in [0.25, 0.3) is 11.7 Å². The molecule has 6 N–H and O–H groups in total. The van der Waals surface area contributed by atoms with E-state index < -0.39 is 77.6 Å². The third kappa shape index (κ3) is 7.20. The lowest BCUT2D eigenvalue weighted by Crippen LogP contribution is -2.46. The summed E-state index contributed by atoms with van der Waals surface area (Å²) in [5.41, 5.74) is 2.63. The highest BCUT2D eigenvalue weighted by Gasteiger charge is 2.49. The smallest absolute Gasteiger partial charge is 0.302 e. The summed E-state index contributed by atoms with van der Waals surface area (Å²) < 4.78 is 25.8. The number of allylic oxidation sites excluding steroid dienone is 2. The SMILES string of the molecule is CO[C@H]1/C=C/O[C@@]2(C)Oc3c(C)c(O)c4c(O)c(c5c(nc6cc(C)ccn65)c4c3C2O)NC(=O)/C(C)=C\C=C\[C@H](C)[C@H](O)[C@@H](C)[C@@H](O)[C@@H](C)[C@H](OC(C)=O)[C@@H]1C. The Morgan fingerprint density at radius 3 is 2.35 bits per heavy atom. The van der Waals surface area contributed by atoms with Crippen molar-refractivity contribution in [2.75, 3.05) is 12.4 Å². The van der Waals surface area contributed by atoms with Crippen LogP contribution in [0.15, 0.2) is 54.5 Å². The molecule has 1 amide bonds. The zero-order valence-electron chi connectivity index (χ0n) is 33.9. The number of fused-ring (bicyclic) bond motifs is 2. The molecule has 0 spiro atoms. The molecule has 0 aliphatic carbocycles. The molecule has 1 unspecified atom stereocenters. The zero-order valence-corrected chi connectivity index (χ0v) is 33.9. The molecule has 4 heterocycles. The molecule has 4 bridgehead atoms. The number of aliphatic hydroxyl groups excluding tert-OH is 3. The van der Waals surface area contributed by atoms with Gasteiger partial charge in [0, 0.05) is 72.9 Å². The Bertz CT molecular complexity index is 2330. The molecule has 2 aliphatic heterocycles. The van der Waals surface area contributed by atoms with Gasteiger partial charge in [0.1, 0.15) is 40.0 Å². The number of aliphatic hydroxyl groups is 3. The number of phenols is 2. The van der Waals surface area contributed by atoms with Crippen LogP contribution in [0.5, 0.6) is 17.2 Å². The van der Waals surface area contributed by atoms with Gasteiger partial charge in [0.15, 0.2) is 11.9 Å². The number of carbonyl (C=O) groups is 2. The van der Waals surface area contributed by atoms with Crippen LogP contribution in [-0.2, 0) is 23.8 Å². The number of carbonyl (C=O) groups excluding carboxylic acids is 2. The van der Waals surface area contributed by atoms with Crippen molar-refractivity contribution >= 4 is 45.0 Å². The summed E-state index contributed by atoms with van der Waals surface area (Å²) in [6.07, 6.45) is 4.35. The Hall–Kier alpha value is -5.15. The van der Waals surface area contributed by atoms with Gasteiger partial charge >= 0.3 is 5.97 Å². The minimum absolute atomic E-state index is 0.0115. The molecule has 6 rings (SSSR count). The molecule has 14 nitrogen and oxygen atoms in total. The number of anilines is 1. The number of benzene rings is 2. The maximum atomic E-state index is 13.8. The van der Waals surface area contributed by atoms with E-state index in [1.165, 1.54) is 27.2 Å². The van der Waals surface area contributed by atoms with Crippen molar-refractivity contribution in [3.8, 4) is 17.2 Å². The predicted molar refractivity (Wildman–Crippen MR) is 214 cm³/mol. The van der Waals surface area contributed by atoms with E-state index in [1.807, 2.05) is 19.1 Å². The van der Waals surface area contributed by atoms with Gasteiger partial charge in [-0.25, -0.2) is 4.98 Å². The van der Waals surface area contributed by atoms with Crippen molar-refractivity contribution in [3.63, 3.8) is 0 Å². The van der Waals surface area contributed by atoms with E-state index >= 15 is 0 Å². The number of esters is 1. The molecule has 10 atom stereocenters. The Balaban J connectivity index is 1.57. The lowest BCUT2D eigenvalue weighted by atomic mass is 9.78. The van der Waals surface area contributed by atoms with E-state index in [4.69, 9.17) is 23.9 Å². The number of amides is 1. The van der Waals surface area contributed by atoms with Gasteiger partial charge in [-0.3, -0.25) is 14.0 Å². The molecule has 2 aromatic heterocycles. The van der Waals surface area contributed by atoms with Crippen LogP contribution in [0.3, 0.4) is 0 Å². The van der Waals surface area contributed by atoms with Crippen LogP contribution < -0.4 is 10.1 Å². The molecular weight excluding hydrogens is 734 g/mol. The monoisotopic (exact) mass is 787 g/mol. The van der Waals surface area contributed by atoms with Crippen molar-refractivity contribution < 1.29 is 54.1 Å². The molecule has 2 aliphatic rings. The van der Waals surface area contributed by atoms with Crippen molar-refractivity contribution in [1.82, 2.24) is 9.38 Å². The summed E-state index contributed by atoms with van der Waals surface area (Å²) in [4.78, 5) is 31.1. The van der Waals surface area contributed by atoms with E-state index in [0.717, 1.165) is 5.56 Å². The molecule has 0 fully saturated rings. The number of ether oxygens (including phenoxy) is 4. The zero-order chi connectivity index (χ0) is 41.8. The number of rotatable bonds is 2. The summed E-state index contributed by atoms with van der Waals surface area (Å²) in [7, 11) is 1.48. The van der Waals surface area contributed by atoms with Crippen LogP contribution in [0, 0.1) is 37.5 Å². The summed E-state index contributed by atoms with van der Waals surface area (Å²) in [5, 5.41) is 61.7. The minimum Gasteiger partial charge on any atom is -0.507 e. The lowest BCUT2D eigenvalue weighted by molar-refractivity contribution is -0.181. The molecular formula is C43H53N3O11. The fourth-order valence-corrected chi connectivity index (χ4v) is 8.18. The van der Waals surface area contributed by atoms with Crippen molar-refractivity contribution in [2.45, 2.75) is 98.6 Å². The lowest BCUT2D eigenvalue weighted by Gasteiger charge is -2.38. The topological polar surface area (TPSA) is 202 Å². The molecule has 14 heteroatoms. The number of nitrogens with zero attached hydrogens (tertiary/aromatic N) is 2. The molecule has 4 aromatic rings. The van der Waals surface area contributed by atoms with Gasteiger partial charge in [-0.2, -0.15) is 0 Å². The van der Waals surface area contributed by atoms with E-state index in [1.54, 1.807) is 76.4 Å². The van der Waals surface area contributed by atoms with Crippen molar-refractivity contribution in [3.05, 3.63) is 71.2 Å². The van der Waals surface area contributed by atoms with Gasteiger partial charge in [0.2, 0.25) is 0 Å². The van der Waals surface area contributed by atoms with Gasteiger partial charge in [-0.05, 0) is 44.5 Å². The first-order valence-electron chi connectivity index (χ1n) is 19.1. The Kier molecular flexibility index (Phi) is 11.4. The first kappa shape index (κ1) is 41.5. The third-order valence-corrected chi connectivity index (χ3v) is 11.7. The largest absolute Gasteiger partial charge is 0.507 e. The Morgan fingerprint density at radius 2 is 1.68 bits per heavy atom. The van der Waals surface area contributed by atoms with Gasteiger partial charge in [0.05, 0.1) is 30.0 Å². The first-order chi connectivity index (χ1) is 26.8. The molecule has 57 heavy (non-hydrogen) atoms. The highest BCUT2D eigenvalue weighted by molar-refractivity contribution is 6.22. The fraction of sp³-hybridized carbons (Fsp3) is 0.465. The highest BCUT2D eigenvalue weighted by Crippen LogP contribution is 2.57. The van der Waals surface area contributed by atoms with Crippen molar-refractivity contribution in [1.29, 1.82) is 0 Å². The number of methoxy groups -OCH3 is 1. The second-order valence-corrected chi connectivity index (χ2v) is 15.8. The standard InChI is InChI=1S/C43H53N3O11/c1-19-14-16-46-28(18-19)44-32-29-30-37(50)25(7)40-31(29)41(52)43(9,57-40)55-17-15-27(54-10)22(4)39(56-26(8)47)24(6)36(49)23(5)35(48)20(2)12-11-13-21(3)42(53)45-33(34(32)46)38(30)51/h11-18,20,22-24,27,35-36,39,41,48-52H,1-10H3,(H,45,53)/b12-11+,17-15+,21-13-/t20-,22+,23+,24+,27-,35-,36+,39+,41?,43-/m0/s1. The summed E-state index contributed by atoms with van der Waals surface area (Å²) in [6, 6.07) is 3.68. The van der Waals surface area contributed by atoms with E-state index in [2.05, 4.69) is 5.32 Å². The maximum absolute atomic E-state index is 13.8. The van der Waals surface area contributed by atoms with E-state index in [9.17, 15) is 35.1 Å². The number of nitrogens with one attached hydrogen (secondary N) is 1. The summed E-state index contributed by atoms with van der Waals surface area (Å²) in [6.45, 7) is 14.9. The van der Waals surface area contributed by atoms with Gasteiger partial charge in [-0.15, -0.1) is 0 Å². The summed E-state index contributed by atoms with van der Waals surface area (Å²) >= 11 is 0. The summed E-state index contributed by atoms with van der Waals surface area (Å²) in [5.74, 6) is -5.87. The molecule has 306 valence electrons. The second kappa shape index (κ2) is 15.7. The number of aromatic nitrogens is 2. The third-order valence-electron chi connectivity index (χ3n) is 11.7. The van der Waals surface area contributed by atoms with E-state index in [0.29, 0.717) is 11.2 Å². The maximum Gasteiger partial charge on any atom is 0.302 e. The van der Waals surface area contributed by atoms with Crippen LogP contribution in [0.4, 0.5) is 5.69 Å². The predicted octanol–water partition coefficient (Wildman–Crippen LogP) is 6.01. The van der Waals surface area contributed by atoms with Crippen LogP contribution in [0.1, 0.15) is 71.3 Å². The van der Waals surface area contributed by atoms with Crippen LogP contribution in [0.2, 0.25) is 0 Å². The number of phenolic OH excluding ortho intramolecular Hbond substituents is 2. The molecule has 0 saturated carbocycles. The molecule has 2 aromatic carbocycles. The highest BCUT2D eigenvalue weighted by atomic mass is 16.7. The number of imidazole rings is 1. The van der Waals surface area contributed by atoms with Crippen molar-refractivity contribution in [2.24, 2.45) is 23.7 Å². The minimum atomic E-state index is -1.76. The van der Waals surface area contributed by atoms with Gasteiger partial charge in [-0.1, -0.05) is 45.9 Å². The number of hydrogen-bond donors (Lipinski definition) is 6. The Morgan fingerprint density at radius 1 is 0.982 bits per heavy atom. The number of pyridine rings is 1. The molecule has 0 saturated heterocycles.